The number of carbonyl (C=O) groups excluding carboxylic acids is 2. The van der Waals surface area contributed by atoms with Gasteiger partial charge in [0.15, 0.2) is 5.13 Å². The smallest absolute Gasteiger partial charge is 0.301 e. The lowest BCUT2D eigenvalue weighted by Gasteiger charge is -2.22. The molecule has 5 rings (SSSR count). The van der Waals surface area contributed by atoms with Crippen LogP contribution in [-0.2, 0) is 9.59 Å². The summed E-state index contributed by atoms with van der Waals surface area (Å²) in [5, 5.41) is 11.3. The number of benzene rings is 3. The first kappa shape index (κ1) is 20.5. The third-order valence-electron chi connectivity index (χ3n) is 5.22. The average molecular weight is 509 g/mol. The molecule has 1 aliphatic rings. The quantitative estimate of drug-likeness (QED) is 0.215. The van der Waals surface area contributed by atoms with Gasteiger partial charge in [-0.2, -0.15) is 0 Å². The Hall–Kier alpha value is -3.36. The molecular weight excluding hydrogens is 495 g/mol. The summed E-state index contributed by atoms with van der Waals surface area (Å²) in [6, 6.07) is 18.6. The average Bonchev–Trinajstić information content (AvgIpc) is 3.32. The molecule has 5 nitrogen and oxygen atoms in total. The van der Waals surface area contributed by atoms with Crippen LogP contribution >= 0.6 is 27.3 Å². The molecular formula is C24H14BrFN2O3S. The van der Waals surface area contributed by atoms with Crippen LogP contribution in [0.25, 0.3) is 16.0 Å². The number of rotatable bonds is 3. The van der Waals surface area contributed by atoms with Gasteiger partial charge in [0.05, 0.1) is 21.8 Å². The highest BCUT2D eigenvalue weighted by Gasteiger charge is 2.48. The van der Waals surface area contributed by atoms with Crippen molar-refractivity contribution in [3.05, 3.63) is 99.8 Å². The fourth-order valence-electron chi connectivity index (χ4n) is 3.73. The molecule has 2 heterocycles. The van der Waals surface area contributed by atoms with E-state index in [-0.39, 0.29) is 11.3 Å². The van der Waals surface area contributed by atoms with Crippen LogP contribution in [0.4, 0.5) is 9.52 Å². The number of nitrogens with zero attached hydrogens (tertiary/aromatic N) is 2. The van der Waals surface area contributed by atoms with Gasteiger partial charge in [0.2, 0.25) is 0 Å². The molecule has 158 valence electrons. The Kier molecular flexibility index (Phi) is 5.11. The standard InChI is InChI=1S/C24H14BrFN2O3S/c25-15-8-11-17-18(12-15)32-24(27-17)28-20(13-6-9-16(26)10-7-13)19(22(30)23(28)31)21(29)14-4-2-1-3-5-14/h1-12,20,29H/b21-19+/t20-/m0/s1. The second-order valence-electron chi connectivity index (χ2n) is 7.20. The van der Waals surface area contributed by atoms with E-state index in [1.807, 2.05) is 18.2 Å². The van der Waals surface area contributed by atoms with Crippen molar-refractivity contribution in [1.29, 1.82) is 0 Å². The Morgan fingerprint density at radius 2 is 1.75 bits per heavy atom. The number of Topliss-reactive ketones (excluding diaryl/α,β-unsaturated/α-hetero) is 1. The summed E-state index contributed by atoms with van der Waals surface area (Å²) < 4.78 is 15.3. The Morgan fingerprint density at radius 1 is 1.03 bits per heavy atom. The molecule has 4 aromatic rings. The fourth-order valence-corrected chi connectivity index (χ4v) is 5.28. The monoisotopic (exact) mass is 508 g/mol. The Bertz CT molecular complexity index is 1400. The largest absolute Gasteiger partial charge is 0.507 e. The van der Waals surface area contributed by atoms with Crippen molar-refractivity contribution in [2.45, 2.75) is 6.04 Å². The minimum absolute atomic E-state index is 0.0618. The molecule has 1 aliphatic heterocycles. The molecule has 8 heteroatoms. The van der Waals surface area contributed by atoms with E-state index in [1.165, 1.54) is 40.5 Å². The lowest BCUT2D eigenvalue weighted by atomic mass is 9.95. The lowest BCUT2D eigenvalue weighted by Crippen LogP contribution is -2.29. The number of fused-ring (bicyclic) bond motifs is 1. The van der Waals surface area contributed by atoms with Crippen molar-refractivity contribution in [2.24, 2.45) is 0 Å². The fraction of sp³-hybridized carbons (Fsp3) is 0.0417. The summed E-state index contributed by atoms with van der Waals surface area (Å²) >= 11 is 4.68. The highest BCUT2D eigenvalue weighted by molar-refractivity contribution is 9.10. The van der Waals surface area contributed by atoms with Gasteiger partial charge in [0.25, 0.3) is 5.78 Å². The molecule has 0 bridgehead atoms. The topological polar surface area (TPSA) is 70.5 Å². The number of aliphatic hydroxyl groups excluding tert-OH is 1. The van der Waals surface area contributed by atoms with Gasteiger partial charge in [-0.3, -0.25) is 14.5 Å². The van der Waals surface area contributed by atoms with E-state index in [4.69, 9.17) is 0 Å². The summed E-state index contributed by atoms with van der Waals surface area (Å²) in [7, 11) is 0. The first-order valence-corrected chi connectivity index (χ1v) is 11.2. The minimum Gasteiger partial charge on any atom is -0.507 e. The van der Waals surface area contributed by atoms with Crippen LogP contribution in [-0.4, -0.2) is 21.8 Å². The molecule has 32 heavy (non-hydrogen) atoms. The van der Waals surface area contributed by atoms with Crippen molar-refractivity contribution in [2.75, 3.05) is 4.90 Å². The second kappa shape index (κ2) is 7.96. The van der Waals surface area contributed by atoms with Crippen molar-refractivity contribution in [3.8, 4) is 0 Å². The third kappa shape index (κ3) is 3.41. The summed E-state index contributed by atoms with van der Waals surface area (Å²) in [5.74, 6) is -2.35. The molecule has 1 N–H and O–H groups in total. The summed E-state index contributed by atoms with van der Waals surface area (Å²) in [6.07, 6.45) is 0. The maximum atomic E-state index is 13.6. The summed E-state index contributed by atoms with van der Waals surface area (Å²) in [5.41, 5.74) is 1.51. The highest BCUT2D eigenvalue weighted by atomic mass is 79.9. The molecule has 0 unspecified atom stereocenters. The van der Waals surface area contributed by atoms with Crippen LogP contribution in [0.3, 0.4) is 0 Å². The molecule has 0 radical (unpaired) electrons. The zero-order valence-corrected chi connectivity index (χ0v) is 18.7. The van der Waals surface area contributed by atoms with E-state index in [1.54, 1.807) is 30.3 Å². The number of aromatic nitrogens is 1. The number of anilines is 1. The van der Waals surface area contributed by atoms with E-state index in [0.717, 1.165) is 9.17 Å². The molecule has 1 fully saturated rings. The lowest BCUT2D eigenvalue weighted by molar-refractivity contribution is -0.132. The van der Waals surface area contributed by atoms with Crippen LogP contribution in [0.2, 0.25) is 0 Å². The van der Waals surface area contributed by atoms with Gasteiger partial charge in [-0.25, -0.2) is 9.37 Å². The maximum absolute atomic E-state index is 13.6. The van der Waals surface area contributed by atoms with E-state index in [9.17, 15) is 19.1 Å². The summed E-state index contributed by atoms with van der Waals surface area (Å²) in [6.45, 7) is 0. The number of ketones is 1. The maximum Gasteiger partial charge on any atom is 0.301 e. The number of halogens is 2. The van der Waals surface area contributed by atoms with Crippen molar-refractivity contribution in [3.63, 3.8) is 0 Å². The van der Waals surface area contributed by atoms with Crippen molar-refractivity contribution in [1.82, 2.24) is 4.98 Å². The molecule has 1 amide bonds. The molecule has 0 aliphatic carbocycles. The van der Waals surface area contributed by atoms with Gasteiger partial charge in [0.1, 0.15) is 11.6 Å². The number of hydrogen-bond acceptors (Lipinski definition) is 5. The van der Waals surface area contributed by atoms with Gasteiger partial charge in [-0.15, -0.1) is 0 Å². The number of thiazole rings is 1. The molecule has 3 aromatic carbocycles. The number of aliphatic hydroxyl groups is 1. The highest BCUT2D eigenvalue weighted by Crippen LogP contribution is 2.44. The normalized spacial score (nSPS) is 17.9. The SMILES string of the molecule is O=C1C(=O)N(c2nc3ccc(Br)cc3s2)[C@@H](c2ccc(F)cc2)/C1=C(\O)c1ccccc1. The molecule has 1 atom stereocenters. The number of carbonyl (C=O) groups is 2. The van der Waals surface area contributed by atoms with Crippen LogP contribution in [0.1, 0.15) is 17.2 Å². The predicted octanol–water partition coefficient (Wildman–Crippen LogP) is 5.82. The number of amides is 1. The third-order valence-corrected chi connectivity index (χ3v) is 6.73. The van der Waals surface area contributed by atoms with Gasteiger partial charge in [-0.1, -0.05) is 69.7 Å². The molecule has 0 spiro atoms. The Balaban J connectivity index is 1.73. The van der Waals surface area contributed by atoms with E-state index in [0.29, 0.717) is 21.8 Å². The molecule has 0 saturated carbocycles. The Labute approximate surface area is 194 Å². The summed E-state index contributed by atoms with van der Waals surface area (Å²) in [4.78, 5) is 32.1. The zero-order chi connectivity index (χ0) is 22.4. The van der Waals surface area contributed by atoms with Crippen molar-refractivity contribution >= 4 is 60.1 Å². The van der Waals surface area contributed by atoms with Gasteiger partial charge < -0.3 is 5.11 Å². The van der Waals surface area contributed by atoms with E-state index in [2.05, 4.69) is 20.9 Å². The molecule has 1 aromatic heterocycles. The van der Waals surface area contributed by atoms with E-state index >= 15 is 0 Å². The number of hydrogen-bond donors (Lipinski definition) is 1. The van der Waals surface area contributed by atoms with E-state index < -0.39 is 23.5 Å². The van der Waals surface area contributed by atoms with Gasteiger partial charge in [-0.05, 0) is 35.9 Å². The second-order valence-corrected chi connectivity index (χ2v) is 9.12. The van der Waals surface area contributed by atoms with Crippen molar-refractivity contribution < 1.29 is 19.1 Å². The Morgan fingerprint density at radius 3 is 2.47 bits per heavy atom. The first-order valence-electron chi connectivity index (χ1n) is 9.62. The van der Waals surface area contributed by atoms with Crippen LogP contribution in [0, 0.1) is 5.82 Å². The predicted molar refractivity (Wildman–Crippen MR) is 125 cm³/mol. The van der Waals surface area contributed by atoms with Crippen LogP contribution in [0.15, 0.2) is 82.8 Å². The van der Waals surface area contributed by atoms with Gasteiger partial charge in [0, 0.05) is 10.0 Å². The zero-order valence-electron chi connectivity index (χ0n) is 16.3. The first-order chi connectivity index (χ1) is 15.4. The minimum atomic E-state index is -0.945. The molecule has 1 saturated heterocycles. The van der Waals surface area contributed by atoms with Crippen LogP contribution in [0.5, 0.6) is 0 Å². The van der Waals surface area contributed by atoms with Crippen LogP contribution < -0.4 is 4.90 Å². The van der Waals surface area contributed by atoms with Gasteiger partial charge >= 0.3 is 5.91 Å².